The van der Waals surface area contributed by atoms with E-state index in [1.165, 1.54) is 44.2 Å². The molecule has 0 amide bonds. The van der Waals surface area contributed by atoms with Crippen molar-refractivity contribution in [1.82, 2.24) is 0 Å². The number of rotatable bonds is 7. The Balaban J connectivity index is 0.980. The highest BCUT2D eigenvalue weighted by molar-refractivity contribution is 6.00. The molecule has 0 atom stereocenters. The van der Waals surface area contributed by atoms with Gasteiger partial charge >= 0.3 is 0 Å². The smallest absolute Gasteiger partial charge is 0.135 e. The molecule has 10 aromatic rings. The van der Waals surface area contributed by atoms with E-state index in [2.05, 4.69) is 241 Å². The molecule has 282 valence electrons. The van der Waals surface area contributed by atoms with E-state index in [0.29, 0.717) is 0 Å². The largest absolute Gasteiger partial charge is 0.456 e. The fourth-order valence-electron chi connectivity index (χ4n) is 8.57. The second-order valence-electron chi connectivity index (χ2n) is 15.3. The lowest BCUT2D eigenvalue weighted by molar-refractivity contribution is 0.488. The average molecular weight is 766 g/mol. The van der Waals surface area contributed by atoms with Crippen LogP contribution in [-0.4, -0.2) is 0 Å². The zero-order chi connectivity index (χ0) is 39.8. The predicted molar refractivity (Wildman–Crippen MR) is 251 cm³/mol. The van der Waals surface area contributed by atoms with Gasteiger partial charge in [0.25, 0.3) is 0 Å². The molecule has 0 spiro atoms. The van der Waals surface area contributed by atoms with Crippen molar-refractivity contribution in [1.29, 1.82) is 0 Å². The summed E-state index contributed by atoms with van der Waals surface area (Å²) in [5.74, 6) is 1.70. The number of hydrogen-bond acceptors (Lipinski definition) is 2. The third-order valence-corrected chi connectivity index (χ3v) is 11.7. The maximum Gasteiger partial charge on any atom is 0.135 e. The van der Waals surface area contributed by atoms with E-state index in [1.807, 2.05) is 0 Å². The lowest BCUT2D eigenvalue weighted by Gasteiger charge is -2.26. The summed E-state index contributed by atoms with van der Waals surface area (Å²) in [6, 6.07) is 84.7. The highest BCUT2D eigenvalue weighted by Crippen LogP contribution is 2.50. The van der Waals surface area contributed by atoms with E-state index < -0.39 is 0 Å². The van der Waals surface area contributed by atoms with Crippen molar-refractivity contribution in [2.24, 2.45) is 0 Å². The molecule has 1 heterocycles. The summed E-state index contributed by atoms with van der Waals surface area (Å²) in [6.07, 6.45) is 0. The van der Waals surface area contributed by atoms with Gasteiger partial charge in [0.2, 0.25) is 0 Å². The first-order valence-corrected chi connectivity index (χ1v) is 20.5. The molecular weight excluding hydrogens is 727 g/mol. The Kier molecular flexibility index (Phi) is 8.87. The molecule has 2 nitrogen and oxygen atoms in total. The third kappa shape index (κ3) is 6.61. The van der Waals surface area contributed by atoms with E-state index in [4.69, 9.17) is 4.74 Å². The van der Waals surface area contributed by atoms with Gasteiger partial charge in [0.15, 0.2) is 0 Å². The third-order valence-electron chi connectivity index (χ3n) is 11.7. The van der Waals surface area contributed by atoms with Gasteiger partial charge in [-0.15, -0.1) is 0 Å². The summed E-state index contributed by atoms with van der Waals surface area (Å²) < 4.78 is 6.99. The van der Waals surface area contributed by atoms with E-state index >= 15 is 0 Å². The van der Waals surface area contributed by atoms with Crippen LogP contribution in [0.3, 0.4) is 0 Å². The number of anilines is 3. The number of hydrogen-bond donors (Lipinski definition) is 0. The van der Waals surface area contributed by atoms with Gasteiger partial charge < -0.3 is 9.64 Å². The first-order chi connectivity index (χ1) is 29.7. The van der Waals surface area contributed by atoms with Crippen LogP contribution in [0.15, 0.2) is 237 Å². The van der Waals surface area contributed by atoms with Crippen molar-refractivity contribution in [3.05, 3.63) is 237 Å². The van der Waals surface area contributed by atoms with Crippen molar-refractivity contribution in [3.8, 4) is 78.3 Å². The molecule has 0 bridgehead atoms. The van der Waals surface area contributed by atoms with Crippen LogP contribution >= 0.6 is 0 Å². The van der Waals surface area contributed by atoms with Gasteiger partial charge in [0.05, 0.1) is 0 Å². The maximum atomic E-state index is 6.99. The minimum absolute atomic E-state index is 0.843. The standard InChI is InChI=1S/C58H39NO/c1-4-12-40(13-5-1)43-20-28-50(29-21-43)59(51-30-22-44(23-31-51)41-14-6-2-7-15-41)52-32-24-45(25-33-52)49-27-35-54-56-37-47-19-11-10-18-46(47)36-55(56)53-34-26-48(42-16-8-3-9-17-42)38-57(53)60-58(54)39-49/h1-39H. The molecule has 1 aliphatic heterocycles. The van der Waals surface area contributed by atoms with Gasteiger partial charge in [0.1, 0.15) is 11.5 Å². The normalized spacial score (nSPS) is 11.5. The first kappa shape index (κ1) is 35.2. The molecule has 0 aliphatic carbocycles. The van der Waals surface area contributed by atoms with Crippen LogP contribution in [-0.2, 0) is 0 Å². The fraction of sp³-hybridized carbons (Fsp3) is 0. The van der Waals surface area contributed by atoms with Gasteiger partial charge in [-0.1, -0.05) is 164 Å². The summed E-state index contributed by atoms with van der Waals surface area (Å²) in [7, 11) is 0. The minimum atomic E-state index is 0.843. The molecule has 1 aliphatic rings. The number of nitrogens with zero attached hydrogens (tertiary/aromatic N) is 1. The molecule has 0 saturated carbocycles. The van der Waals surface area contributed by atoms with Crippen LogP contribution < -0.4 is 9.64 Å². The van der Waals surface area contributed by atoms with Gasteiger partial charge in [-0.05, 0) is 139 Å². The van der Waals surface area contributed by atoms with Crippen LogP contribution in [0.5, 0.6) is 11.5 Å². The fourth-order valence-corrected chi connectivity index (χ4v) is 8.57. The van der Waals surface area contributed by atoms with Crippen LogP contribution in [0, 0.1) is 0 Å². The van der Waals surface area contributed by atoms with Crippen molar-refractivity contribution in [2.75, 3.05) is 4.90 Å². The Morgan fingerprint density at radius 3 is 0.917 bits per heavy atom. The van der Waals surface area contributed by atoms with Crippen molar-refractivity contribution in [2.45, 2.75) is 0 Å². The number of fused-ring (bicyclic) bond motifs is 6. The van der Waals surface area contributed by atoms with Crippen LogP contribution in [0.4, 0.5) is 17.1 Å². The summed E-state index contributed by atoms with van der Waals surface area (Å²) in [4.78, 5) is 2.33. The van der Waals surface area contributed by atoms with Gasteiger partial charge in [-0.3, -0.25) is 0 Å². The molecule has 0 unspecified atom stereocenters. The van der Waals surface area contributed by atoms with E-state index in [1.54, 1.807) is 0 Å². The van der Waals surface area contributed by atoms with Gasteiger partial charge in [-0.25, -0.2) is 0 Å². The topological polar surface area (TPSA) is 12.5 Å². The molecule has 2 heteroatoms. The molecule has 60 heavy (non-hydrogen) atoms. The lowest BCUT2D eigenvalue weighted by atomic mass is 9.90. The molecule has 11 rings (SSSR count). The highest BCUT2D eigenvalue weighted by Gasteiger charge is 2.23. The Bertz CT molecular complexity index is 3040. The number of benzene rings is 10. The molecular formula is C58H39NO. The SMILES string of the molecule is c1ccc(-c2ccc(N(c3ccc(-c4ccccc4)cc3)c3ccc(-c4ccc5c(c4)Oc4cc(-c6ccccc6)ccc4-c4cc6ccccc6cc4-5)cc3)cc2)cc1. The zero-order valence-electron chi connectivity index (χ0n) is 32.9. The Morgan fingerprint density at radius 1 is 0.233 bits per heavy atom. The quantitative estimate of drug-likeness (QED) is 0.160. The van der Waals surface area contributed by atoms with Gasteiger partial charge in [0, 0.05) is 28.2 Å². The van der Waals surface area contributed by atoms with Crippen LogP contribution in [0.25, 0.3) is 77.5 Å². The second kappa shape index (κ2) is 15.1. The maximum absolute atomic E-state index is 6.99. The van der Waals surface area contributed by atoms with Gasteiger partial charge in [-0.2, -0.15) is 0 Å². The monoisotopic (exact) mass is 765 g/mol. The predicted octanol–water partition coefficient (Wildman–Crippen LogP) is 16.4. The summed E-state index contributed by atoms with van der Waals surface area (Å²) in [5, 5.41) is 2.42. The first-order valence-electron chi connectivity index (χ1n) is 20.5. The number of ether oxygens (including phenoxy) is 1. The Labute approximate surface area is 350 Å². The van der Waals surface area contributed by atoms with E-state index in [0.717, 1.165) is 61.9 Å². The zero-order valence-corrected chi connectivity index (χ0v) is 32.9. The summed E-state index contributed by atoms with van der Waals surface area (Å²) in [5.41, 5.74) is 17.1. The summed E-state index contributed by atoms with van der Waals surface area (Å²) in [6.45, 7) is 0. The molecule has 0 saturated heterocycles. The second-order valence-corrected chi connectivity index (χ2v) is 15.3. The van der Waals surface area contributed by atoms with Crippen molar-refractivity contribution < 1.29 is 4.74 Å². The average Bonchev–Trinajstić information content (AvgIpc) is 3.45. The molecule has 0 fully saturated rings. The minimum Gasteiger partial charge on any atom is -0.456 e. The summed E-state index contributed by atoms with van der Waals surface area (Å²) >= 11 is 0. The van der Waals surface area contributed by atoms with E-state index in [-0.39, 0.29) is 0 Å². The van der Waals surface area contributed by atoms with Crippen LogP contribution in [0.2, 0.25) is 0 Å². The van der Waals surface area contributed by atoms with Crippen molar-refractivity contribution >= 4 is 27.8 Å². The Morgan fingerprint density at radius 2 is 0.533 bits per heavy atom. The van der Waals surface area contributed by atoms with Crippen molar-refractivity contribution in [3.63, 3.8) is 0 Å². The molecule has 0 radical (unpaired) electrons. The Hall–Kier alpha value is -7.94. The molecule has 10 aromatic carbocycles. The molecule has 0 N–H and O–H groups in total. The molecule has 0 aromatic heterocycles. The van der Waals surface area contributed by atoms with Crippen LogP contribution in [0.1, 0.15) is 0 Å². The lowest BCUT2D eigenvalue weighted by Crippen LogP contribution is -2.09. The van der Waals surface area contributed by atoms with E-state index in [9.17, 15) is 0 Å². The highest BCUT2D eigenvalue weighted by atomic mass is 16.5.